The Morgan fingerprint density at radius 3 is 2.67 bits per heavy atom. The number of pyridine rings is 1. The van der Waals surface area contributed by atoms with Gasteiger partial charge in [0.1, 0.15) is 5.82 Å². The lowest BCUT2D eigenvalue weighted by atomic mass is 10.1. The van der Waals surface area contributed by atoms with Gasteiger partial charge in [-0.05, 0) is 51.0 Å². The van der Waals surface area contributed by atoms with E-state index in [-0.39, 0.29) is 17.8 Å². The summed E-state index contributed by atoms with van der Waals surface area (Å²) in [5, 5.41) is 0. The van der Waals surface area contributed by atoms with Crippen molar-refractivity contribution in [3.05, 3.63) is 83.2 Å². The van der Waals surface area contributed by atoms with Crippen molar-refractivity contribution < 1.29 is 9.18 Å². The zero-order chi connectivity index (χ0) is 19.0. The molecule has 0 bridgehead atoms. The Bertz CT molecular complexity index is 976. The Balaban J connectivity index is 1.68. The number of benzene rings is 1. The van der Waals surface area contributed by atoms with Gasteiger partial charge in [0.25, 0.3) is 5.91 Å². The molecule has 1 amide bonds. The molecule has 0 saturated heterocycles. The second-order valence-electron chi connectivity index (χ2n) is 7.09. The first-order chi connectivity index (χ1) is 13.1. The number of hydrogen-bond donors (Lipinski definition) is 0. The molecule has 3 aromatic rings. The Morgan fingerprint density at radius 2 is 2.00 bits per heavy atom. The summed E-state index contributed by atoms with van der Waals surface area (Å²) < 4.78 is 16.2. The molecule has 0 aliphatic heterocycles. The highest BCUT2D eigenvalue weighted by molar-refractivity contribution is 5.96. The molecule has 138 valence electrons. The molecule has 1 fully saturated rings. The van der Waals surface area contributed by atoms with Crippen molar-refractivity contribution in [2.75, 3.05) is 0 Å². The van der Waals surface area contributed by atoms with Gasteiger partial charge in [-0.15, -0.1) is 0 Å². The van der Waals surface area contributed by atoms with Crippen LogP contribution in [0.4, 0.5) is 4.39 Å². The smallest absolute Gasteiger partial charge is 0.256 e. The molecule has 2 aromatic heterocycles. The summed E-state index contributed by atoms with van der Waals surface area (Å²) in [6.45, 7) is 4.23. The maximum absolute atomic E-state index is 14.1. The molecule has 4 rings (SSSR count). The average molecular weight is 363 g/mol. The number of nitrogens with zero attached hydrogens (tertiary/aromatic N) is 3. The van der Waals surface area contributed by atoms with Crippen molar-refractivity contribution in [3.63, 3.8) is 0 Å². The fourth-order valence-corrected chi connectivity index (χ4v) is 3.58. The monoisotopic (exact) mass is 363 g/mol. The molecule has 1 saturated carbocycles. The fraction of sp³-hybridized carbons (Fsp3) is 0.273. The molecule has 1 aliphatic carbocycles. The number of rotatable bonds is 5. The molecule has 0 N–H and O–H groups in total. The highest BCUT2D eigenvalue weighted by atomic mass is 19.1. The van der Waals surface area contributed by atoms with Gasteiger partial charge >= 0.3 is 0 Å². The van der Waals surface area contributed by atoms with Crippen LogP contribution in [0.3, 0.4) is 0 Å². The predicted molar refractivity (Wildman–Crippen MR) is 102 cm³/mol. The molecular formula is C22H22FN3O. The number of carbonyl (C=O) groups is 1. The second kappa shape index (κ2) is 6.99. The zero-order valence-corrected chi connectivity index (χ0v) is 15.5. The van der Waals surface area contributed by atoms with Crippen molar-refractivity contribution >= 4 is 5.91 Å². The van der Waals surface area contributed by atoms with Gasteiger partial charge in [-0.2, -0.15) is 0 Å². The summed E-state index contributed by atoms with van der Waals surface area (Å²) in [7, 11) is 0. The van der Waals surface area contributed by atoms with Gasteiger partial charge in [0.05, 0.1) is 17.4 Å². The molecule has 4 nitrogen and oxygen atoms in total. The van der Waals surface area contributed by atoms with Crippen molar-refractivity contribution in [2.24, 2.45) is 0 Å². The van der Waals surface area contributed by atoms with Crippen LogP contribution in [-0.4, -0.2) is 26.4 Å². The van der Waals surface area contributed by atoms with Crippen LogP contribution < -0.4 is 0 Å². The molecule has 0 unspecified atom stereocenters. The maximum atomic E-state index is 14.1. The number of carbonyl (C=O) groups excluding carboxylic acids is 1. The number of hydrogen-bond acceptors (Lipinski definition) is 2. The van der Waals surface area contributed by atoms with E-state index in [0.717, 1.165) is 29.9 Å². The van der Waals surface area contributed by atoms with Crippen LogP contribution in [0.25, 0.3) is 5.69 Å². The summed E-state index contributed by atoms with van der Waals surface area (Å²) in [5.74, 6) is -0.305. The molecule has 2 heterocycles. The maximum Gasteiger partial charge on any atom is 0.256 e. The SMILES string of the molecule is Cc1cc(C(=O)N(Cc2ccccc2F)C2CC2)c(C)n1-c1cccnc1. The van der Waals surface area contributed by atoms with Gasteiger partial charge in [0.15, 0.2) is 0 Å². The molecule has 27 heavy (non-hydrogen) atoms. The van der Waals surface area contributed by atoms with Crippen molar-refractivity contribution in [1.29, 1.82) is 0 Å². The number of aromatic nitrogens is 2. The molecule has 1 aliphatic rings. The standard InChI is InChI=1S/C22H22FN3O/c1-15-12-20(16(2)26(15)19-7-5-11-24-13-19)22(27)25(18-9-10-18)14-17-6-3-4-8-21(17)23/h3-8,11-13,18H,9-10,14H2,1-2H3. The molecule has 0 radical (unpaired) electrons. The van der Waals surface area contributed by atoms with Crippen LogP contribution in [-0.2, 0) is 6.54 Å². The van der Waals surface area contributed by atoms with E-state index < -0.39 is 0 Å². The van der Waals surface area contributed by atoms with Gasteiger partial charge in [-0.1, -0.05) is 18.2 Å². The minimum Gasteiger partial charge on any atom is -0.331 e. The van der Waals surface area contributed by atoms with Crippen LogP contribution in [0.1, 0.15) is 40.2 Å². The van der Waals surface area contributed by atoms with Gasteiger partial charge in [-0.25, -0.2) is 4.39 Å². The Hall–Kier alpha value is -2.95. The van der Waals surface area contributed by atoms with Crippen LogP contribution in [0.15, 0.2) is 54.9 Å². The Kier molecular flexibility index (Phi) is 4.52. The van der Waals surface area contributed by atoms with Crippen LogP contribution in [0.2, 0.25) is 0 Å². The van der Waals surface area contributed by atoms with Crippen LogP contribution in [0, 0.1) is 19.7 Å². The van der Waals surface area contributed by atoms with Gasteiger partial charge in [-0.3, -0.25) is 9.78 Å². The van der Waals surface area contributed by atoms with E-state index in [4.69, 9.17) is 0 Å². The van der Waals surface area contributed by atoms with E-state index in [2.05, 4.69) is 4.98 Å². The minimum atomic E-state index is -0.267. The van der Waals surface area contributed by atoms with E-state index in [0.29, 0.717) is 17.7 Å². The van der Waals surface area contributed by atoms with Crippen molar-refractivity contribution in [2.45, 2.75) is 39.3 Å². The summed E-state index contributed by atoms with van der Waals surface area (Å²) >= 11 is 0. The second-order valence-corrected chi connectivity index (χ2v) is 7.09. The molecule has 5 heteroatoms. The van der Waals surface area contributed by atoms with Gasteiger partial charge < -0.3 is 9.47 Å². The van der Waals surface area contributed by atoms with E-state index in [1.165, 1.54) is 6.07 Å². The first-order valence-electron chi connectivity index (χ1n) is 9.20. The number of amides is 1. The first-order valence-corrected chi connectivity index (χ1v) is 9.20. The van der Waals surface area contributed by atoms with E-state index >= 15 is 0 Å². The zero-order valence-electron chi connectivity index (χ0n) is 15.5. The van der Waals surface area contributed by atoms with Gasteiger partial charge in [0, 0.05) is 35.7 Å². The topological polar surface area (TPSA) is 38.1 Å². The molecule has 0 spiro atoms. The summed E-state index contributed by atoms with van der Waals surface area (Å²) in [4.78, 5) is 19.3. The predicted octanol–water partition coefficient (Wildman–Crippen LogP) is 4.43. The van der Waals surface area contributed by atoms with E-state index in [1.807, 2.05) is 47.6 Å². The first kappa shape index (κ1) is 17.5. The number of aryl methyl sites for hydroxylation is 1. The fourth-order valence-electron chi connectivity index (χ4n) is 3.58. The Labute approximate surface area is 158 Å². The third-order valence-electron chi connectivity index (χ3n) is 5.11. The normalized spacial score (nSPS) is 13.6. The molecule has 0 atom stereocenters. The quantitative estimate of drug-likeness (QED) is 0.672. The van der Waals surface area contributed by atoms with E-state index in [1.54, 1.807) is 24.5 Å². The largest absolute Gasteiger partial charge is 0.331 e. The summed E-state index contributed by atoms with van der Waals surface area (Å²) in [5.41, 5.74) is 4.01. The summed E-state index contributed by atoms with van der Waals surface area (Å²) in [6.07, 6.45) is 5.46. The lowest BCUT2D eigenvalue weighted by Crippen LogP contribution is -2.33. The highest BCUT2D eigenvalue weighted by Gasteiger charge is 2.34. The van der Waals surface area contributed by atoms with E-state index in [9.17, 15) is 9.18 Å². The lowest BCUT2D eigenvalue weighted by molar-refractivity contribution is 0.0727. The third kappa shape index (κ3) is 3.37. The lowest BCUT2D eigenvalue weighted by Gasteiger charge is -2.23. The third-order valence-corrected chi connectivity index (χ3v) is 5.11. The molecule has 1 aromatic carbocycles. The highest BCUT2D eigenvalue weighted by Crippen LogP contribution is 2.32. The molecular weight excluding hydrogens is 341 g/mol. The van der Waals surface area contributed by atoms with Crippen LogP contribution >= 0.6 is 0 Å². The van der Waals surface area contributed by atoms with Crippen molar-refractivity contribution in [3.8, 4) is 5.69 Å². The summed E-state index contributed by atoms with van der Waals surface area (Å²) in [6, 6.07) is 12.6. The minimum absolute atomic E-state index is 0.0380. The Morgan fingerprint density at radius 1 is 1.22 bits per heavy atom. The van der Waals surface area contributed by atoms with Crippen molar-refractivity contribution in [1.82, 2.24) is 14.5 Å². The average Bonchev–Trinajstić information content (AvgIpc) is 3.46. The van der Waals surface area contributed by atoms with Gasteiger partial charge in [0.2, 0.25) is 0 Å². The van der Waals surface area contributed by atoms with Crippen LogP contribution in [0.5, 0.6) is 0 Å². The number of halogens is 1.